The predicted molar refractivity (Wildman–Crippen MR) is 59.2 cm³/mol. The summed E-state index contributed by atoms with van der Waals surface area (Å²) in [5, 5.41) is 0. The van der Waals surface area contributed by atoms with Crippen LogP contribution in [0.2, 0.25) is 0 Å². The highest BCUT2D eigenvalue weighted by Crippen LogP contribution is 2.13. The fraction of sp³-hybridized carbons (Fsp3) is 0.800. The molecule has 0 fully saturated rings. The molecule has 0 aromatic carbocycles. The lowest BCUT2D eigenvalue weighted by molar-refractivity contribution is -0.367. The van der Waals surface area contributed by atoms with Crippen molar-refractivity contribution < 1.29 is 9.78 Å². The first-order chi connectivity index (χ1) is 6.33. The Hall–Kier alpha value is -0.740. The maximum Gasteiger partial charge on any atom is 0.132 e. The maximum absolute atomic E-state index is 5.25. The van der Waals surface area contributed by atoms with Crippen molar-refractivity contribution in [3.63, 3.8) is 0 Å². The van der Waals surface area contributed by atoms with Gasteiger partial charge in [-0.25, -0.2) is 9.78 Å². The number of hydrogen-bond donors (Lipinski definition) is 0. The van der Waals surface area contributed by atoms with Gasteiger partial charge in [0.1, 0.15) is 11.2 Å². The molecule has 0 aromatic rings. The molecular formula is C10H20N2O2. The van der Waals surface area contributed by atoms with E-state index in [0.29, 0.717) is 0 Å². The SMILES string of the molecule is CN=CC(C)(C)OOC(C)(C)C=NC. The molecule has 0 saturated heterocycles. The third kappa shape index (κ3) is 5.83. The zero-order valence-electron chi connectivity index (χ0n) is 9.87. The number of hydrogen-bond acceptors (Lipinski definition) is 4. The Bertz CT molecular complexity index is 196. The second-order valence-corrected chi connectivity index (χ2v) is 4.15. The van der Waals surface area contributed by atoms with Gasteiger partial charge in [-0.1, -0.05) is 0 Å². The van der Waals surface area contributed by atoms with Gasteiger partial charge < -0.3 is 0 Å². The van der Waals surface area contributed by atoms with Crippen LogP contribution in [-0.2, 0) is 9.78 Å². The zero-order valence-corrected chi connectivity index (χ0v) is 9.87. The van der Waals surface area contributed by atoms with Gasteiger partial charge in [-0.05, 0) is 27.7 Å². The van der Waals surface area contributed by atoms with Crippen LogP contribution in [0.25, 0.3) is 0 Å². The van der Waals surface area contributed by atoms with E-state index in [4.69, 9.17) is 9.78 Å². The second-order valence-electron chi connectivity index (χ2n) is 4.15. The van der Waals surface area contributed by atoms with E-state index in [-0.39, 0.29) is 0 Å². The Morgan fingerprint density at radius 1 is 0.786 bits per heavy atom. The van der Waals surface area contributed by atoms with Crippen molar-refractivity contribution in [3.05, 3.63) is 0 Å². The maximum atomic E-state index is 5.25. The Morgan fingerprint density at radius 3 is 1.29 bits per heavy atom. The summed E-state index contributed by atoms with van der Waals surface area (Å²) in [5.41, 5.74) is -1.04. The molecule has 0 atom stereocenters. The summed E-state index contributed by atoms with van der Waals surface area (Å²) in [6, 6.07) is 0. The molecule has 14 heavy (non-hydrogen) atoms. The van der Waals surface area contributed by atoms with Gasteiger partial charge in [-0.15, -0.1) is 0 Å². The summed E-state index contributed by atoms with van der Waals surface area (Å²) >= 11 is 0. The molecular weight excluding hydrogens is 180 g/mol. The van der Waals surface area contributed by atoms with E-state index >= 15 is 0 Å². The fourth-order valence-electron chi connectivity index (χ4n) is 0.880. The van der Waals surface area contributed by atoms with Crippen LogP contribution in [0.15, 0.2) is 9.98 Å². The van der Waals surface area contributed by atoms with Crippen molar-refractivity contribution in [2.24, 2.45) is 9.98 Å². The minimum absolute atomic E-state index is 0.520. The van der Waals surface area contributed by atoms with Crippen LogP contribution in [0.3, 0.4) is 0 Å². The van der Waals surface area contributed by atoms with Crippen molar-refractivity contribution in [1.29, 1.82) is 0 Å². The first kappa shape index (κ1) is 13.3. The average molecular weight is 200 g/mol. The van der Waals surface area contributed by atoms with Crippen LogP contribution >= 0.6 is 0 Å². The van der Waals surface area contributed by atoms with Gasteiger partial charge in [0.25, 0.3) is 0 Å². The molecule has 0 aliphatic carbocycles. The molecule has 0 spiro atoms. The molecule has 0 N–H and O–H groups in total. The molecule has 0 radical (unpaired) electrons. The normalized spacial score (nSPS) is 14.4. The molecule has 0 aromatic heterocycles. The summed E-state index contributed by atoms with van der Waals surface area (Å²) in [6.45, 7) is 7.50. The topological polar surface area (TPSA) is 43.2 Å². The van der Waals surface area contributed by atoms with Crippen molar-refractivity contribution in [2.75, 3.05) is 14.1 Å². The van der Waals surface area contributed by atoms with E-state index in [2.05, 4.69) is 9.98 Å². The standard InChI is InChI=1S/C10H20N2O2/c1-9(2,7-11-5)13-14-10(3,4)8-12-6/h7-8H,1-6H3. The highest BCUT2D eigenvalue weighted by Gasteiger charge is 2.23. The Balaban J connectivity index is 4.17. The predicted octanol–water partition coefficient (Wildman–Crippen LogP) is 1.89. The van der Waals surface area contributed by atoms with Crippen LogP contribution in [0.1, 0.15) is 27.7 Å². The van der Waals surface area contributed by atoms with E-state index in [1.54, 1.807) is 26.5 Å². The monoisotopic (exact) mass is 200 g/mol. The third-order valence-corrected chi connectivity index (χ3v) is 1.35. The zero-order chi connectivity index (χ0) is 11.2. The second kappa shape index (κ2) is 5.22. The molecule has 82 valence electrons. The summed E-state index contributed by atoms with van der Waals surface area (Å²) < 4.78 is 0. The first-order valence-corrected chi connectivity index (χ1v) is 4.56. The van der Waals surface area contributed by atoms with Gasteiger partial charge in [-0.2, -0.15) is 0 Å². The molecule has 4 nitrogen and oxygen atoms in total. The van der Waals surface area contributed by atoms with Gasteiger partial charge in [0, 0.05) is 26.5 Å². The molecule has 0 rings (SSSR count). The number of nitrogens with zero attached hydrogens (tertiary/aromatic N) is 2. The van der Waals surface area contributed by atoms with Gasteiger partial charge in [0.05, 0.1) is 0 Å². The molecule has 4 heteroatoms. The van der Waals surface area contributed by atoms with Crippen LogP contribution < -0.4 is 0 Å². The molecule has 0 bridgehead atoms. The minimum atomic E-state index is -0.520. The van der Waals surface area contributed by atoms with Gasteiger partial charge >= 0.3 is 0 Å². The summed E-state index contributed by atoms with van der Waals surface area (Å²) in [5.74, 6) is 0. The van der Waals surface area contributed by atoms with Crippen LogP contribution in [0.5, 0.6) is 0 Å². The summed E-state index contributed by atoms with van der Waals surface area (Å²) in [7, 11) is 3.40. The minimum Gasteiger partial charge on any atom is -0.298 e. The van der Waals surface area contributed by atoms with Gasteiger partial charge in [0.15, 0.2) is 0 Å². The van der Waals surface area contributed by atoms with Gasteiger partial charge in [0.2, 0.25) is 0 Å². The highest BCUT2D eigenvalue weighted by molar-refractivity contribution is 5.68. The van der Waals surface area contributed by atoms with Crippen LogP contribution in [0.4, 0.5) is 0 Å². The summed E-state index contributed by atoms with van der Waals surface area (Å²) in [6.07, 6.45) is 3.37. The highest BCUT2D eigenvalue weighted by atomic mass is 17.2. The van der Waals surface area contributed by atoms with E-state index in [9.17, 15) is 0 Å². The molecule has 0 heterocycles. The largest absolute Gasteiger partial charge is 0.298 e. The molecule has 0 saturated carbocycles. The number of rotatable bonds is 5. The summed E-state index contributed by atoms with van der Waals surface area (Å²) in [4.78, 5) is 18.3. The van der Waals surface area contributed by atoms with Crippen molar-refractivity contribution in [3.8, 4) is 0 Å². The lowest BCUT2D eigenvalue weighted by Gasteiger charge is -2.25. The van der Waals surface area contributed by atoms with Crippen LogP contribution in [-0.4, -0.2) is 37.7 Å². The van der Waals surface area contributed by atoms with E-state index in [1.165, 1.54) is 0 Å². The lowest BCUT2D eigenvalue weighted by Crippen LogP contribution is -2.34. The number of aliphatic imine (C=N–C) groups is 2. The Morgan fingerprint density at radius 2 is 1.07 bits per heavy atom. The smallest absolute Gasteiger partial charge is 0.132 e. The average Bonchev–Trinajstić information content (AvgIpc) is 2.01. The molecule has 0 aliphatic heterocycles. The van der Waals surface area contributed by atoms with E-state index in [0.717, 1.165) is 0 Å². The lowest BCUT2D eigenvalue weighted by atomic mass is 10.1. The molecule has 0 unspecified atom stereocenters. The quantitative estimate of drug-likeness (QED) is 0.386. The Kier molecular flexibility index (Phi) is 4.94. The van der Waals surface area contributed by atoms with E-state index in [1.807, 2.05) is 27.7 Å². The Labute approximate surface area is 86.0 Å². The van der Waals surface area contributed by atoms with Crippen molar-refractivity contribution in [1.82, 2.24) is 0 Å². The van der Waals surface area contributed by atoms with E-state index < -0.39 is 11.2 Å². The van der Waals surface area contributed by atoms with Crippen LogP contribution in [0, 0.1) is 0 Å². The molecule has 0 amide bonds. The fourth-order valence-corrected chi connectivity index (χ4v) is 0.880. The van der Waals surface area contributed by atoms with Crippen molar-refractivity contribution in [2.45, 2.75) is 38.9 Å². The molecule has 0 aliphatic rings. The van der Waals surface area contributed by atoms with Gasteiger partial charge in [-0.3, -0.25) is 9.98 Å². The van der Waals surface area contributed by atoms with Crippen molar-refractivity contribution >= 4 is 12.4 Å². The first-order valence-electron chi connectivity index (χ1n) is 4.56. The third-order valence-electron chi connectivity index (χ3n) is 1.35.